The number of nitrogens with one attached hydrogen (secondary N) is 1. The summed E-state index contributed by atoms with van der Waals surface area (Å²) in [5, 5.41) is 11.9. The number of azo groups is 1. The van der Waals surface area contributed by atoms with Crippen molar-refractivity contribution in [3.05, 3.63) is 81.8 Å². The molecule has 0 aliphatic rings. The Morgan fingerprint density at radius 2 is 1.43 bits per heavy atom. The van der Waals surface area contributed by atoms with Gasteiger partial charge in [0.1, 0.15) is 5.75 Å². The Labute approximate surface area is 176 Å². The summed E-state index contributed by atoms with van der Waals surface area (Å²) >= 11 is 17.8. The number of ether oxygens (including phenoxy) is 1. The molecule has 8 heteroatoms. The molecular formula is C20H14Cl3N3O2. The van der Waals surface area contributed by atoms with Gasteiger partial charge in [0, 0.05) is 11.8 Å². The van der Waals surface area contributed by atoms with E-state index in [1.165, 1.54) is 12.1 Å². The van der Waals surface area contributed by atoms with E-state index in [0.29, 0.717) is 21.4 Å². The summed E-state index contributed by atoms with van der Waals surface area (Å²) in [4.78, 5) is 12.1. The van der Waals surface area contributed by atoms with E-state index in [1.54, 1.807) is 24.3 Å². The van der Waals surface area contributed by atoms with Gasteiger partial charge in [-0.1, -0.05) is 53.0 Å². The van der Waals surface area contributed by atoms with Crippen LogP contribution >= 0.6 is 34.8 Å². The predicted octanol–water partition coefficient (Wildman–Crippen LogP) is 7.08. The van der Waals surface area contributed by atoms with Crippen LogP contribution in [0.25, 0.3) is 0 Å². The number of benzene rings is 3. The van der Waals surface area contributed by atoms with Crippen molar-refractivity contribution in [2.75, 3.05) is 11.9 Å². The number of hydrogen-bond acceptors (Lipinski definition) is 4. The van der Waals surface area contributed by atoms with Crippen LogP contribution in [0.2, 0.25) is 15.1 Å². The molecule has 1 N–H and O–H groups in total. The molecule has 28 heavy (non-hydrogen) atoms. The van der Waals surface area contributed by atoms with E-state index in [1.807, 2.05) is 30.3 Å². The summed E-state index contributed by atoms with van der Waals surface area (Å²) in [6.07, 6.45) is 0. The predicted molar refractivity (Wildman–Crippen MR) is 113 cm³/mol. The highest BCUT2D eigenvalue weighted by Gasteiger charge is 2.10. The normalized spacial score (nSPS) is 10.8. The molecule has 3 aromatic carbocycles. The number of carbonyl (C=O) groups is 1. The first-order valence-electron chi connectivity index (χ1n) is 8.15. The maximum absolute atomic E-state index is 12.1. The Hall–Kier alpha value is -2.60. The molecule has 0 spiro atoms. The second kappa shape index (κ2) is 9.55. The van der Waals surface area contributed by atoms with Crippen LogP contribution in [0.15, 0.2) is 77.0 Å². The Balaban J connectivity index is 1.54. The third-order valence-electron chi connectivity index (χ3n) is 3.52. The van der Waals surface area contributed by atoms with Crippen molar-refractivity contribution in [3.8, 4) is 5.75 Å². The SMILES string of the molecule is O=C(COc1cc(Cl)c(Cl)cc1Cl)Nc1ccc(N=Nc2ccccc2)cc1. The zero-order valence-electron chi connectivity index (χ0n) is 14.4. The van der Waals surface area contributed by atoms with Gasteiger partial charge in [-0.15, -0.1) is 0 Å². The van der Waals surface area contributed by atoms with Gasteiger partial charge >= 0.3 is 0 Å². The highest BCUT2D eigenvalue weighted by molar-refractivity contribution is 6.43. The van der Waals surface area contributed by atoms with Crippen LogP contribution in [0.4, 0.5) is 17.1 Å². The maximum atomic E-state index is 12.1. The number of halogens is 3. The van der Waals surface area contributed by atoms with Crippen LogP contribution in [-0.4, -0.2) is 12.5 Å². The van der Waals surface area contributed by atoms with E-state index in [4.69, 9.17) is 39.5 Å². The molecule has 142 valence electrons. The third-order valence-corrected chi connectivity index (χ3v) is 4.54. The van der Waals surface area contributed by atoms with Gasteiger partial charge < -0.3 is 10.1 Å². The van der Waals surface area contributed by atoms with Gasteiger partial charge in [0.15, 0.2) is 6.61 Å². The standard InChI is InChI=1S/C20H14Cl3N3O2/c21-16-10-18(23)19(11-17(16)22)28-12-20(27)24-13-6-8-15(9-7-13)26-25-14-4-2-1-3-5-14/h1-11H,12H2,(H,24,27). The van der Waals surface area contributed by atoms with Crippen molar-refractivity contribution in [1.29, 1.82) is 0 Å². The van der Waals surface area contributed by atoms with Crippen LogP contribution in [0, 0.1) is 0 Å². The average Bonchev–Trinajstić information content (AvgIpc) is 2.70. The van der Waals surface area contributed by atoms with Crippen molar-refractivity contribution >= 4 is 57.8 Å². The Kier molecular flexibility index (Phi) is 6.87. The molecule has 5 nitrogen and oxygen atoms in total. The molecule has 0 unspecified atom stereocenters. The van der Waals surface area contributed by atoms with Crippen molar-refractivity contribution in [1.82, 2.24) is 0 Å². The smallest absolute Gasteiger partial charge is 0.262 e. The Bertz CT molecular complexity index is 994. The maximum Gasteiger partial charge on any atom is 0.262 e. The van der Waals surface area contributed by atoms with Gasteiger partial charge in [0.25, 0.3) is 5.91 Å². The van der Waals surface area contributed by atoms with Gasteiger partial charge in [0.2, 0.25) is 0 Å². The summed E-state index contributed by atoms with van der Waals surface area (Å²) < 4.78 is 5.40. The van der Waals surface area contributed by atoms with Crippen molar-refractivity contribution < 1.29 is 9.53 Å². The van der Waals surface area contributed by atoms with Gasteiger partial charge in [-0.25, -0.2) is 0 Å². The molecule has 3 rings (SSSR count). The minimum absolute atomic E-state index is 0.229. The monoisotopic (exact) mass is 433 g/mol. The summed E-state index contributed by atoms with van der Waals surface area (Å²) in [6, 6.07) is 19.3. The molecular weight excluding hydrogens is 421 g/mol. The first-order valence-corrected chi connectivity index (χ1v) is 9.29. The number of anilines is 1. The molecule has 0 aliphatic heterocycles. The Morgan fingerprint density at radius 1 is 0.821 bits per heavy atom. The van der Waals surface area contributed by atoms with Crippen LogP contribution in [0.5, 0.6) is 5.75 Å². The summed E-state index contributed by atoms with van der Waals surface area (Å²) in [6.45, 7) is -0.229. The van der Waals surface area contributed by atoms with Crippen molar-refractivity contribution in [2.45, 2.75) is 0 Å². The van der Waals surface area contributed by atoms with Gasteiger partial charge in [0.05, 0.1) is 26.4 Å². The fourth-order valence-electron chi connectivity index (χ4n) is 2.18. The number of nitrogens with zero attached hydrogens (tertiary/aromatic N) is 2. The minimum Gasteiger partial charge on any atom is -0.482 e. The van der Waals surface area contributed by atoms with E-state index < -0.39 is 0 Å². The van der Waals surface area contributed by atoms with Gasteiger partial charge in [-0.05, 0) is 42.5 Å². The van der Waals surface area contributed by atoms with E-state index in [-0.39, 0.29) is 23.3 Å². The van der Waals surface area contributed by atoms with Gasteiger partial charge in [-0.2, -0.15) is 10.2 Å². The quantitative estimate of drug-likeness (QED) is 0.333. The molecule has 0 bridgehead atoms. The van der Waals surface area contributed by atoms with Crippen LogP contribution in [0.3, 0.4) is 0 Å². The number of carbonyl (C=O) groups excluding carboxylic acids is 1. The fraction of sp³-hybridized carbons (Fsp3) is 0.0500. The summed E-state index contributed by atoms with van der Waals surface area (Å²) in [5.41, 5.74) is 2.03. The zero-order valence-corrected chi connectivity index (χ0v) is 16.7. The van der Waals surface area contributed by atoms with Crippen LogP contribution in [0.1, 0.15) is 0 Å². The molecule has 0 saturated heterocycles. The third kappa shape index (κ3) is 5.70. The van der Waals surface area contributed by atoms with E-state index in [0.717, 1.165) is 5.69 Å². The molecule has 0 aliphatic carbocycles. The largest absolute Gasteiger partial charge is 0.482 e. The average molecular weight is 435 g/mol. The lowest BCUT2D eigenvalue weighted by molar-refractivity contribution is -0.118. The molecule has 0 aromatic heterocycles. The lowest BCUT2D eigenvalue weighted by Gasteiger charge is -2.10. The van der Waals surface area contributed by atoms with Crippen LogP contribution < -0.4 is 10.1 Å². The highest BCUT2D eigenvalue weighted by Crippen LogP contribution is 2.33. The number of amides is 1. The topological polar surface area (TPSA) is 63.0 Å². The molecule has 0 radical (unpaired) electrons. The fourth-order valence-corrected chi connectivity index (χ4v) is 2.77. The number of rotatable bonds is 6. The van der Waals surface area contributed by atoms with Crippen molar-refractivity contribution in [3.63, 3.8) is 0 Å². The second-order valence-corrected chi connectivity index (χ2v) is 6.84. The minimum atomic E-state index is -0.346. The van der Waals surface area contributed by atoms with E-state index in [2.05, 4.69) is 15.5 Å². The lowest BCUT2D eigenvalue weighted by atomic mass is 10.3. The molecule has 0 heterocycles. The molecule has 0 atom stereocenters. The first kappa shape index (κ1) is 20.1. The summed E-state index contributed by atoms with van der Waals surface area (Å²) in [5.74, 6) is -0.0660. The summed E-state index contributed by atoms with van der Waals surface area (Å²) in [7, 11) is 0. The number of hydrogen-bond donors (Lipinski definition) is 1. The second-order valence-electron chi connectivity index (χ2n) is 5.62. The van der Waals surface area contributed by atoms with Crippen molar-refractivity contribution in [2.24, 2.45) is 10.2 Å². The Morgan fingerprint density at radius 3 is 2.11 bits per heavy atom. The van der Waals surface area contributed by atoms with E-state index in [9.17, 15) is 4.79 Å². The molecule has 3 aromatic rings. The van der Waals surface area contributed by atoms with Gasteiger partial charge in [-0.3, -0.25) is 4.79 Å². The highest BCUT2D eigenvalue weighted by atomic mass is 35.5. The molecule has 0 saturated carbocycles. The van der Waals surface area contributed by atoms with E-state index >= 15 is 0 Å². The first-order chi connectivity index (χ1) is 13.5. The van der Waals surface area contributed by atoms with Crippen LogP contribution in [-0.2, 0) is 4.79 Å². The lowest BCUT2D eigenvalue weighted by Crippen LogP contribution is -2.20. The molecule has 0 fully saturated rings. The zero-order chi connectivity index (χ0) is 19.9. The molecule has 1 amide bonds.